The van der Waals surface area contributed by atoms with Crippen LogP contribution < -0.4 is 5.73 Å². The summed E-state index contributed by atoms with van der Waals surface area (Å²) < 4.78 is 5.12. The van der Waals surface area contributed by atoms with E-state index >= 15 is 0 Å². The Morgan fingerprint density at radius 1 is 1.73 bits per heavy atom. The van der Waals surface area contributed by atoms with Gasteiger partial charge in [0.05, 0.1) is 6.10 Å². The van der Waals surface area contributed by atoms with Crippen molar-refractivity contribution in [3.63, 3.8) is 0 Å². The van der Waals surface area contributed by atoms with E-state index in [0.29, 0.717) is 6.54 Å². The fourth-order valence-corrected chi connectivity index (χ4v) is 0.888. The van der Waals surface area contributed by atoms with Crippen molar-refractivity contribution in [2.45, 2.75) is 6.10 Å². The second kappa shape index (κ2) is 6.34. The third-order valence-electron chi connectivity index (χ3n) is 1.55. The second-order valence-electron chi connectivity index (χ2n) is 2.60. The standard InChI is InChI=1S/C8H18N2O/c1-4-5-10(2)7-8(6-9)11-3/h4,8H,1,5-7,9H2,2-3H3. The van der Waals surface area contributed by atoms with E-state index in [1.54, 1.807) is 7.11 Å². The van der Waals surface area contributed by atoms with Gasteiger partial charge in [0.15, 0.2) is 0 Å². The van der Waals surface area contributed by atoms with E-state index in [2.05, 4.69) is 11.5 Å². The molecule has 0 fully saturated rings. The smallest absolute Gasteiger partial charge is 0.0820 e. The molecule has 0 saturated carbocycles. The van der Waals surface area contributed by atoms with Crippen LogP contribution in [0, 0.1) is 0 Å². The van der Waals surface area contributed by atoms with Crippen LogP contribution in [0.2, 0.25) is 0 Å². The highest BCUT2D eigenvalue weighted by molar-refractivity contribution is 4.73. The number of hydrogen-bond acceptors (Lipinski definition) is 3. The molecule has 0 heterocycles. The average molecular weight is 158 g/mol. The molecule has 1 atom stereocenters. The van der Waals surface area contributed by atoms with Crippen molar-refractivity contribution in [2.75, 3.05) is 33.8 Å². The van der Waals surface area contributed by atoms with Gasteiger partial charge in [-0.2, -0.15) is 0 Å². The van der Waals surface area contributed by atoms with E-state index in [1.165, 1.54) is 0 Å². The number of nitrogens with zero attached hydrogens (tertiary/aromatic N) is 1. The third kappa shape index (κ3) is 4.95. The molecule has 3 heteroatoms. The molecule has 1 unspecified atom stereocenters. The van der Waals surface area contributed by atoms with E-state index in [-0.39, 0.29) is 6.10 Å². The van der Waals surface area contributed by atoms with Crippen molar-refractivity contribution in [1.82, 2.24) is 4.90 Å². The van der Waals surface area contributed by atoms with E-state index in [1.807, 2.05) is 13.1 Å². The van der Waals surface area contributed by atoms with Crippen LogP contribution in [0.5, 0.6) is 0 Å². The first-order valence-corrected chi connectivity index (χ1v) is 3.76. The molecule has 0 aromatic carbocycles. The fourth-order valence-electron chi connectivity index (χ4n) is 0.888. The summed E-state index contributed by atoms with van der Waals surface area (Å²) in [5, 5.41) is 0. The van der Waals surface area contributed by atoms with Crippen molar-refractivity contribution in [2.24, 2.45) is 5.73 Å². The molecule has 0 aromatic heterocycles. The first kappa shape index (κ1) is 10.6. The van der Waals surface area contributed by atoms with E-state index in [4.69, 9.17) is 10.5 Å². The van der Waals surface area contributed by atoms with Gasteiger partial charge < -0.3 is 15.4 Å². The summed E-state index contributed by atoms with van der Waals surface area (Å²) in [6, 6.07) is 0. The molecule has 3 nitrogen and oxygen atoms in total. The van der Waals surface area contributed by atoms with Crippen molar-refractivity contribution < 1.29 is 4.74 Å². The van der Waals surface area contributed by atoms with Gasteiger partial charge in [0.2, 0.25) is 0 Å². The van der Waals surface area contributed by atoms with Gasteiger partial charge in [-0.25, -0.2) is 0 Å². The van der Waals surface area contributed by atoms with Crippen molar-refractivity contribution in [3.8, 4) is 0 Å². The molecule has 0 saturated heterocycles. The molecular weight excluding hydrogens is 140 g/mol. The second-order valence-corrected chi connectivity index (χ2v) is 2.60. The molecule has 0 rings (SSSR count). The Labute approximate surface area is 68.8 Å². The lowest BCUT2D eigenvalue weighted by atomic mass is 10.3. The highest BCUT2D eigenvalue weighted by Gasteiger charge is 2.06. The molecule has 66 valence electrons. The van der Waals surface area contributed by atoms with Gasteiger partial charge in [-0.15, -0.1) is 6.58 Å². The number of ether oxygens (including phenoxy) is 1. The minimum atomic E-state index is 0.139. The SMILES string of the molecule is C=CCN(C)CC(CN)OC. The Balaban J connectivity index is 3.52. The van der Waals surface area contributed by atoms with Gasteiger partial charge in [-0.3, -0.25) is 0 Å². The maximum atomic E-state index is 5.45. The minimum Gasteiger partial charge on any atom is -0.379 e. The number of methoxy groups -OCH3 is 1. The van der Waals surface area contributed by atoms with Crippen LogP contribution in [-0.4, -0.2) is 44.8 Å². The van der Waals surface area contributed by atoms with E-state index in [9.17, 15) is 0 Å². The molecule has 0 aliphatic carbocycles. The maximum absolute atomic E-state index is 5.45. The number of hydrogen-bond donors (Lipinski definition) is 1. The molecule has 0 bridgehead atoms. The fraction of sp³-hybridized carbons (Fsp3) is 0.750. The summed E-state index contributed by atoms with van der Waals surface area (Å²) in [4.78, 5) is 2.12. The largest absolute Gasteiger partial charge is 0.379 e. The Morgan fingerprint density at radius 3 is 2.73 bits per heavy atom. The highest BCUT2D eigenvalue weighted by Crippen LogP contribution is 1.91. The average Bonchev–Trinajstić information content (AvgIpc) is 2.01. The van der Waals surface area contributed by atoms with Crippen LogP contribution in [0.3, 0.4) is 0 Å². The van der Waals surface area contributed by atoms with Crippen molar-refractivity contribution in [3.05, 3.63) is 12.7 Å². The third-order valence-corrected chi connectivity index (χ3v) is 1.55. The maximum Gasteiger partial charge on any atom is 0.0820 e. The predicted octanol–water partition coefficient (Wildman–Crippen LogP) is 0.0779. The number of rotatable bonds is 6. The first-order chi connectivity index (χ1) is 5.24. The molecule has 0 aliphatic rings. The topological polar surface area (TPSA) is 38.5 Å². The van der Waals surface area contributed by atoms with Crippen LogP contribution in [0.25, 0.3) is 0 Å². The quantitative estimate of drug-likeness (QED) is 0.556. The summed E-state index contributed by atoms with van der Waals surface area (Å²) in [6.07, 6.45) is 2.00. The molecule has 2 N–H and O–H groups in total. The van der Waals surface area contributed by atoms with E-state index in [0.717, 1.165) is 13.1 Å². The lowest BCUT2D eigenvalue weighted by Gasteiger charge is -2.20. The monoisotopic (exact) mass is 158 g/mol. The molecular formula is C8H18N2O. The Kier molecular flexibility index (Phi) is 6.12. The number of likely N-dealkylation sites (N-methyl/N-ethyl adjacent to an activating group) is 1. The summed E-state index contributed by atoms with van der Waals surface area (Å²) >= 11 is 0. The highest BCUT2D eigenvalue weighted by atomic mass is 16.5. The molecule has 0 aliphatic heterocycles. The molecule has 0 amide bonds. The summed E-state index contributed by atoms with van der Waals surface area (Å²) in [5.41, 5.74) is 5.45. The van der Waals surface area contributed by atoms with Gasteiger partial charge in [0.1, 0.15) is 0 Å². The zero-order valence-corrected chi connectivity index (χ0v) is 7.42. The van der Waals surface area contributed by atoms with Crippen LogP contribution in [0.4, 0.5) is 0 Å². The van der Waals surface area contributed by atoms with Crippen molar-refractivity contribution in [1.29, 1.82) is 0 Å². The summed E-state index contributed by atoms with van der Waals surface area (Å²) in [7, 11) is 3.70. The summed E-state index contributed by atoms with van der Waals surface area (Å²) in [6.45, 7) is 5.95. The van der Waals surface area contributed by atoms with Crippen LogP contribution in [0.1, 0.15) is 0 Å². The summed E-state index contributed by atoms with van der Waals surface area (Å²) in [5.74, 6) is 0. The zero-order valence-electron chi connectivity index (χ0n) is 7.42. The lowest BCUT2D eigenvalue weighted by molar-refractivity contribution is 0.0813. The molecule has 11 heavy (non-hydrogen) atoms. The van der Waals surface area contributed by atoms with Crippen LogP contribution in [0.15, 0.2) is 12.7 Å². The van der Waals surface area contributed by atoms with Gasteiger partial charge in [-0.1, -0.05) is 6.08 Å². The van der Waals surface area contributed by atoms with Crippen molar-refractivity contribution >= 4 is 0 Å². The number of nitrogens with two attached hydrogens (primary N) is 1. The molecule has 0 spiro atoms. The Bertz CT molecular complexity index is 102. The van der Waals surface area contributed by atoms with Crippen LogP contribution >= 0.6 is 0 Å². The zero-order chi connectivity index (χ0) is 8.69. The van der Waals surface area contributed by atoms with Gasteiger partial charge in [0, 0.05) is 26.7 Å². The van der Waals surface area contributed by atoms with Gasteiger partial charge in [0.25, 0.3) is 0 Å². The van der Waals surface area contributed by atoms with Crippen LogP contribution in [-0.2, 0) is 4.74 Å². The Morgan fingerprint density at radius 2 is 2.36 bits per heavy atom. The predicted molar refractivity (Wildman–Crippen MR) is 47.5 cm³/mol. The van der Waals surface area contributed by atoms with Gasteiger partial charge >= 0.3 is 0 Å². The first-order valence-electron chi connectivity index (χ1n) is 3.76. The Hall–Kier alpha value is -0.380. The normalized spacial score (nSPS) is 13.5. The van der Waals surface area contributed by atoms with Gasteiger partial charge in [-0.05, 0) is 7.05 Å². The minimum absolute atomic E-state index is 0.139. The van der Waals surface area contributed by atoms with E-state index < -0.39 is 0 Å². The molecule has 0 aromatic rings. The lowest BCUT2D eigenvalue weighted by Crippen LogP contribution is -2.35. The molecule has 0 radical (unpaired) electrons.